The molecule has 0 spiro atoms. The molecule has 1 aromatic rings. The Hall–Kier alpha value is -1.07. The van der Waals surface area contributed by atoms with Crippen molar-refractivity contribution in [3.63, 3.8) is 0 Å². The van der Waals surface area contributed by atoms with E-state index in [4.69, 9.17) is 5.73 Å². The van der Waals surface area contributed by atoms with Crippen molar-refractivity contribution >= 4 is 27.5 Å². The van der Waals surface area contributed by atoms with Gasteiger partial charge >= 0.3 is 0 Å². The third-order valence-electron chi connectivity index (χ3n) is 3.19. The zero-order chi connectivity index (χ0) is 13.1. The molecule has 1 saturated carbocycles. The summed E-state index contributed by atoms with van der Waals surface area (Å²) in [6.45, 7) is 1.55. The predicted octanol–water partition coefficient (Wildman–Crippen LogP) is 1.86. The fourth-order valence-corrected chi connectivity index (χ4v) is 2.31. The smallest absolute Gasteiger partial charge is 0.252 e. The standard InChI is InChI=1S/C13H18BrN3O/c1-17(9-5-6-9)8-7-16-13(18)10-3-2-4-11(15)12(10)14/h2-4,9H,5-8,15H2,1H3,(H,16,18). The maximum Gasteiger partial charge on any atom is 0.252 e. The van der Waals surface area contributed by atoms with Gasteiger partial charge in [0, 0.05) is 24.8 Å². The number of likely N-dealkylation sites (N-methyl/N-ethyl adjacent to an activating group) is 1. The van der Waals surface area contributed by atoms with Gasteiger partial charge in [0.2, 0.25) is 0 Å². The molecule has 0 heterocycles. The Balaban J connectivity index is 1.85. The largest absolute Gasteiger partial charge is 0.398 e. The number of amides is 1. The Morgan fingerprint density at radius 1 is 1.56 bits per heavy atom. The average molecular weight is 312 g/mol. The molecule has 1 fully saturated rings. The number of hydrogen-bond donors (Lipinski definition) is 2. The second-order valence-corrected chi connectivity index (χ2v) is 5.47. The number of hydrogen-bond acceptors (Lipinski definition) is 3. The van der Waals surface area contributed by atoms with Crippen molar-refractivity contribution in [3.05, 3.63) is 28.2 Å². The van der Waals surface area contributed by atoms with Crippen molar-refractivity contribution in [1.29, 1.82) is 0 Å². The Bertz CT molecular complexity index is 446. The molecule has 0 unspecified atom stereocenters. The first-order chi connectivity index (χ1) is 8.59. The summed E-state index contributed by atoms with van der Waals surface area (Å²) in [5.74, 6) is -0.0848. The fraction of sp³-hybridized carbons (Fsp3) is 0.462. The average Bonchev–Trinajstić information content (AvgIpc) is 3.16. The van der Waals surface area contributed by atoms with Crippen molar-refractivity contribution in [1.82, 2.24) is 10.2 Å². The first-order valence-corrected chi connectivity index (χ1v) is 6.91. The summed E-state index contributed by atoms with van der Waals surface area (Å²) in [5.41, 5.74) is 6.92. The van der Waals surface area contributed by atoms with E-state index in [-0.39, 0.29) is 5.91 Å². The highest BCUT2D eigenvalue weighted by molar-refractivity contribution is 9.10. The van der Waals surface area contributed by atoms with Crippen LogP contribution in [0, 0.1) is 0 Å². The number of benzene rings is 1. The van der Waals surface area contributed by atoms with E-state index in [0.29, 0.717) is 22.3 Å². The molecule has 0 saturated heterocycles. The van der Waals surface area contributed by atoms with Gasteiger partial charge in [-0.2, -0.15) is 0 Å². The maximum absolute atomic E-state index is 12.0. The van der Waals surface area contributed by atoms with Crippen molar-refractivity contribution in [2.45, 2.75) is 18.9 Å². The fourth-order valence-electron chi connectivity index (χ4n) is 1.86. The summed E-state index contributed by atoms with van der Waals surface area (Å²) < 4.78 is 0.665. The van der Waals surface area contributed by atoms with Crippen molar-refractivity contribution in [2.75, 3.05) is 25.9 Å². The first-order valence-electron chi connectivity index (χ1n) is 6.12. The molecule has 1 aromatic carbocycles. The van der Waals surface area contributed by atoms with Gasteiger partial charge < -0.3 is 16.0 Å². The highest BCUT2D eigenvalue weighted by Crippen LogP contribution is 2.25. The third-order valence-corrected chi connectivity index (χ3v) is 4.08. The van der Waals surface area contributed by atoms with E-state index in [1.807, 2.05) is 0 Å². The lowest BCUT2D eigenvalue weighted by Gasteiger charge is -2.16. The van der Waals surface area contributed by atoms with Gasteiger partial charge in [0.05, 0.1) is 10.0 Å². The van der Waals surface area contributed by atoms with Gasteiger partial charge in [-0.05, 0) is 48.0 Å². The molecule has 0 radical (unpaired) electrons. The Morgan fingerprint density at radius 2 is 2.28 bits per heavy atom. The van der Waals surface area contributed by atoms with Gasteiger partial charge in [-0.3, -0.25) is 4.79 Å². The Kier molecular flexibility index (Phi) is 4.24. The Morgan fingerprint density at radius 3 is 2.94 bits per heavy atom. The van der Waals surface area contributed by atoms with E-state index in [1.165, 1.54) is 12.8 Å². The quantitative estimate of drug-likeness (QED) is 0.816. The van der Waals surface area contributed by atoms with Crippen molar-refractivity contribution in [3.8, 4) is 0 Å². The molecular weight excluding hydrogens is 294 g/mol. The highest BCUT2D eigenvalue weighted by Gasteiger charge is 2.25. The molecule has 1 aliphatic rings. The zero-order valence-corrected chi connectivity index (χ0v) is 12.0. The molecule has 4 nitrogen and oxygen atoms in total. The molecular formula is C13H18BrN3O. The summed E-state index contributed by atoms with van der Waals surface area (Å²) in [7, 11) is 2.10. The molecule has 0 bridgehead atoms. The van der Waals surface area contributed by atoms with Crippen LogP contribution in [-0.2, 0) is 0 Å². The second-order valence-electron chi connectivity index (χ2n) is 4.68. The molecule has 0 aliphatic heterocycles. The lowest BCUT2D eigenvalue weighted by molar-refractivity contribution is 0.0948. The summed E-state index contributed by atoms with van der Waals surface area (Å²) >= 11 is 3.34. The van der Waals surface area contributed by atoms with Gasteiger partial charge in [-0.1, -0.05) is 6.07 Å². The van der Waals surface area contributed by atoms with Crippen LogP contribution in [0.5, 0.6) is 0 Å². The summed E-state index contributed by atoms with van der Waals surface area (Å²) in [6, 6.07) is 6.04. The van der Waals surface area contributed by atoms with Crippen LogP contribution in [-0.4, -0.2) is 37.0 Å². The SMILES string of the molecule is CN(CCNC(=O)c1cccc(N)c1Br)C1CC1. The minimum absolute atomic E-state index is 0.0848. The molecule has 98 valence electrons. The number of nitrogens with two attached hydrogens (primary N) is 1. The lowest BCUT2D eigenvalue weighted by Crippen LogP contribution is -2.34. The number of nitrogen functional groups attached to an aromatic ring is 1. The van der Waals surface area contributed by atoms with Crippen LogP contribution in [0.2, 0.25) is 0 Å². The normalized spacial score (nSPS) is 14.8. The van der Waals surface area contributed by atoms with Crippen molar-refractivity contribution < 1.29 is 4.79 Å². The van der Waals surface area contributed by atoms with Gasteiger partial charge in [-0.25, -0.2) is 0 Å². The van der Waals surface area contributed by atoms with Crippen LogP contribution >= 0.6 is 15.9 Å². The molecule has 0 aromatic heterocycles. The maximum atomic E-state index is 12.0. The van der Waals surface area contributed by atoms with Gasteiger partial charge in [0.25, 0.3) is 5.91 Å². The highest BCUT2D eigenvalue weighted by atomic mass is 79.9. The van der Waals surface area contributed by atoms with Crippen LogP contribution in [0.3, 0.4) is 0 Å². The van der Waals surface area contributed by atoms with Crippen molar-refractivity contribution in [2.24, 2.45) is 0 Å². The van der Waals surface area contributed by atoms with Gasteiger partial charge in [0.1, 0.15) is 0 Å². The molecule has 5 heteroatoms. The summed E-state index contributed by atoms with van der Waals surface area (Å²) in [5, 5.41) is 2.91. The van der Waals surface area contributed by atoms with Crippen LogP contribution < -0.4 is 11.1 Å². The van der Waals surface area contributed by atoms with Gasteiger partial charge in [0.15, 0.2) is 0 Å². The molecule has 1 aliphatic carbocycles. The monoisotopic (exact) mass is 311 g/mol. The predicted molar refractivity (Wildman–Crippen MR) is 76.5 cm³/mol. The zero-order valence-electron chi connectivity index (χ0n) is 10.4. The summed E-state index contributed by atoms with van der Waals surface area (Å²) in [4.78, 5) is 14.3. The minimum Gasteiger partial charge on any atom is -0.398 e. The molecule has 18 heavy (non-hydrogen) atoms. The van der Waals surface area contributed by atoms with E-state index in [9.17, 15) is 4.79 Å². The van der Waals surface area contributed by atoms with E-state index in [0.717, 1.165) is 12.6 Å². The topological polar surface area (TPSA) is 58.4 Å². The van der Waals surface area contributed by atoms with Crippen LogP contribution in [0.1, 0.15) is 23.2 Å². The number of carbonyl (C=O) groups is 1. The lowest BCUT2D eigenvalue weighted by atomic mass is 10.2. The third kappa shape index (κ3) is 3.23. The van der Waals surface area contributed by atoms with Gasteiger partial charge in [-0.15, -0.1) is 0 Å². The number of halogens is 1. The number of carbonyl (C=O) groups excluding carboxylic acids is 1. The van der Waals surface area contributed by atoms with Crippen LogP contribution in [0.15, 0.2) is 22.7 Å². The Labute approximate surface area is 116 Å². The van der Waals surface area contributed by atoms with E-state index < -0.39 is 0 Å². The van der Waals surface area contributed by atoms with Crippen LogP contribution in [0.25, 0.3) is 0 Å². The van der Waals surface area contributed by atoms with E-state index >= 15 is 0 Å². The molecule has 3 N–H and O–H groups in total. The molecule has 1 amide bonds. The van der Waals surface area contributed by atoms with Crippen LogP contribution in [0.4, 0.5) is 5.69 Å². The number of nitrogens with one attached hydrogen (secondary N) is 1. The first kappa shape index (κ1) is 13.4. The molecule has 0 atom stereocenters. The van der Waals surface area contributed by atoms with E-state index in [1.54, 1.807) is 18.2 Å². The minimum atomic E-state index is -0.0848. The number of rotatable bonds is 5. The molecule has 2 rings (SSSR count). The van der Waals surface area contributed by atoms with E-state index in [2.05, 4.69) is 33.2 Å². The summed E-state index contributed by atoms with van der Waals surface area (Å²) in [6.07, 6.45) is 2.57. The number of anilines is 1. The number of nitrogens with zero attached hydrogens (tertiary/aromatic N) is 1. The second kappa shape index (κ2) is 5.71.